The van der Waals surface area contributed by atoms with E-state index in [0.29, 0.717) is 11.6 Å². The molecule has 0 unspecified atom stereocenters. The molecule has 2 rings (SSSR count). The van der Waals surface area contributed by atoms with Gasteiger partial charge in [-0.1, -0.05) is 23.7 Å². The summed E-state index contributed by atoms with van der Waals surface area (Å²) in [5.41, 5.74) is 2.98. The van der Waals surface area contributed by atoms with Crippen molar-refractivity contribution in [2.45, 2.75) is 6.54 Å². The summed E-state index contributed by atoms with van der Waals surface area (Å²) in [4.78, 5) is 15.6. The van der Waals surface area contributed by atoms with Crippen LogP contribution in [0.1, 0.15) is 5.56 Å². The maximum Gasteiger partial charge on any atom is 0.294 e. The number of nitrogen functional groups attached to an aromatic ring is 1. The molecule has 0 amide bonds. The van der Waals surface area contributed by atoms with Crippen LogP contribution in [0.25, 0.3) is 0 Å². The average molecular weight is 251 g/mol. The molecule has 17 heavy (non-hydrogen) atoms. The van der Waals surface area contributed by atoms with E-state index < -0.39 is 0 Å². The van der Waals surface area contributed by atoms with Crippen LogP contribution in [-0.2, 0) is 6.54 Å². The number of benzene rings is 1. The third-order valence-corrected chi connectivity index (χ3v) is 2.57. The van der Waals surface area contributed by atoms with Crippen molar-refractivity contribution in [1.29, 1.82) is 0 Å². The van der Waals surface area contributed by atoms with E-state index in [4.69, 9.17) is 17.4 Å². The summed E-state index contributed by atoms with van der Waals surface area (Å²) in [5, 5.41) is 0.667. The zero-order valence-electron chi connectivity index (χ0n) is 8.93. The van der Waals surface area contributed by atoms with Crippen LogP contribution in [0, 0.1) is 0 Å². The molecule has 0 bridgehead atoms. The Labute approximate surface area is 103 Å². The summed E-state index contributed by atoms with van der Waals surface area (Å²) < 4.78 is 1.52. The van der Waals surface area contributed by atoms with E-state index >= 15 is 0 Å². The fraction of sp³-hybridized carbons (Fsp3) is 0.0909. The molecule has 0 fully saturated rings. The largest absolute Gasteiger partial charge is 0.306 e. The molecule has 0 aliphatic heterocycles. The van der Waals surface area contributed by atoms with Crippen molar-refractivity contribution in [2.24, 2.45) is 5.84 Å². The number of nitrogens with zero attached hydrogens (tertiary/aromatic N) is 2. The van der Waals surface area contributed by atoms with E-state index in [1.54, 1.807) is 18.3 Å². The second-order valence-electron chi connectivity index (χ2n) is 3.48. The molecule has 0 aliphatic carbocycles. The van der Waals surface area contributed by atoms with Crippen LogP contribution in [0.15, 0.2) is 41.5 Å². The van der Waals surface area contributed by atoms with Crippen LogP contribution in [0.4, 0.5) is 5.82 Å². The van der Waals surface area contributed by atoms with Crippen molar-refractivity contribution in [1.82, 2.24) is 9.55 Å². The lowest BCUT2D eigenvalue weighted by Gasteiger charge is -2.07. The van der Waals surface area contributed by atoms with Gasteiger partial charge < -0.3 is 9.99 Å². The second kappa shape index (κ2) is 4.99. The first-order valence-electron chi connectivity index (χ1n) is 4.97. The van der Waals surface area contributed by atoms with Gasteiger partial charge in [0, 0.05) is 17.4 Å². The van der Waals surface area contributed by atoms with Crippen LogP contribution >= 0.6 is 11.6 Å². The Morgan fingerprint density at radius 2 is 2.06 bits per heavy atom. The number of hydrogen-bond donors (Lipinski definition) is 2. The lowest BCUT2D eigenvalue weighted by atomic mass is 10.2. The van der Waals surface area contributed by atoms with Gasteiger partial charge in [0.05, 0.1) is 6.54 Å². The molecular formula is C11H11ClN4O. The van der Waals surface area contributed by atoms with Gasteiger partial charge in [-0.25, -0.2) is 10.8 Å². The van der Waals surface area contributed by atoms with Gasteiger partial charge in [-0.05, 0) is 17.7 Å². The van der Waals surface area contributed by atoms with E-state index in [0.717, 1.165) is 5.56 Å². The van der Waals surface area contributed by atoms with Gasteiger partial charge in [-0.2, -0.15) is 0 Å². The van der Waals surface area contributed by atoms with E-state index in [2.05, 4.69) is 10.4 Å². The minimum atomic E-state index is -0.259. The van der Waals surface area contributed by atoms with Crippen molar-refractivity contribution < 1.29 is 0 Å². The Balaban J connectivity index is 2.30. The molecule has 0 radical (unpaired) electrons. The number of nitrogens with two attached hydrogens (primary N) is 1. The number of anilines is 1. The fourth-order valence-corrected chi connectivity index (χ4v) is 1.58. The first-order chi connectivity index (χ1) is 8.20. The molecule has 1 heterocycles. The highest BCUT2D eigenvalue weighted by Crippen LogP contribution is 2.10. The Bertz CT molecular complexity index is 564. The summed E-state index contributed by atoms with van der Waals surface area (Å²) in [6.45, 7) is 0.452. The minimum absolute atomic E-state index is 0.126. The molecule has 6 heteroatoms. The monoisotopic (exact) mass is 250 g/mol. The van der Waals surface area contributed by atoms with Crippen molar-refractivity contribution in [3.8, 4) is 0 Å². The molecule has 0 aliphatic rings. The summed E-state index contributed by atoms with van der Waals surface area (Å²) in [6, 6.07) is 7.30. The van der Waals surface area contributed by atoms with Gasteiger partial charge >= 0.3 is 0 Å². The number of rotatable bonds is 3. The topological polar surface area (TPSA) is 72.9 Å². The molecule has 88 valence electrons. The number of hydrazine groups is 1. The first-order valence-corrected chi connectivity index (χ1v) is 5.35. The summed E-state index contributed by atoms with van der Waals surface area (Å²) >= 11 is 5.79. The number of nitrogens with one attached hydrogen (secondary N) is 1. The molecule has 0 saturated carbocycles. The standard InChI is InChI=1S/C11H11ClN4O/c12-9-3-1-8(2-4-9)7-16-6-5-14-10(15-13)11(16)17/h1-6H,7,13H2,(H,14,15). The predicted octanol–water partition coefficient (Wildman–Crippen LogP) is 1.23. The highest BCUT2D eigenvalue weighted by molar-refractivity contribution is 6.30. The number of aromatic nitrogens is 2. The SMILES string of the molecule is NNc1nccn(Cc2ccc(Cl)cc2)c1=O. The molecule has 5 nitrogen and oxygen atoms in total. The molecule has 3 N–H and O–H groups in total. The Morgan fingerprint density at radius 1 is 1.35 bits per heavy atom. The van der Waals surface area contributed by atoms with Gasteiger partial charge in [-0.15, -0.1) is 0 Å². The van der Waals surface area contributed by atoms with Gasteiger partial charge in [0.2, 0.25) is 5.82 Å². The third-order valence-electron chi connectivity index (χ3n) is 2.32. The van der Waals surface area contributed by atoms with E-state index in [-0.39, 0.29) is 11.4 Å². The Morgan fingerprint density at radius 3 is 2.71 bits per heavy atom. The smallest absolute Gasteiger partial charge is 0.294 e. The van der Waals surface area contributed by atoms with Gasteiger partial charge in [0.25, 0.3) is 5.56 Å². The Hall–Kier alpha value is -1.85. The van der Waals surface area contributed by atoms with E-state index in [1.807, 2.05) is 12.1 Å². The molecule has 0 spiro atoms. The first kappa shape index (κ1) is 11.6. The van der Waals surface area contributed by atoms with Gasteiger partial charge in [0.1, 0.15) is 0 Å². The van der Waals surface area contributed by atoms with Crippen molar-refractivity contribution >= 4 is 17.4 Å². The van der Waals surface area contributed by atoms with Crippen LogP contribution in [0.5, 0.6) is 0 Å². The molecule has 0 saturated heterocycles. The van der Waals surface area contributed by atoms with Gasteiger partial charge in [0.15, 0.2) is 0 Å². The summed E-state index contributed by atoms with van der Waals surface area (Å²) in [5.74, 6) is 5.32. The van der Waals surface area contributed by atoms with Crippen LogP contribution in [0.3, 0.4) is 0 Å². The van der Waals surface area contributed by atoms with E-state index in [9.17, 15) is 4.79 Å². The van der Waals surface area contributed by atoms with Crippen molar-refractivity contribution in [2.75, 3.05) is 5.43 Å². The van der Waals surface area contributed by atoms with Crippen molar-refractivity contribution in [3.63, 3.8) is 0 Å². The maximum absolute atomic E-state index is 11.8. The lowest BCUT2D eigenvalue weighted by Crippen LogP contribution is -2.26. The highest BCUT2D eigenvalue weighted by Gasteiger charge is 2.03. The minimum Gasteiger partial charge on any atom is -0.306 e. The highest BCUT2D eigenvalue weighted by atomic mass is 35.5. The molecular weight excluding hydrogens is 240 g/mol. The summed E-state index contributed by atoms with van der Waals surface area (Å²) in [7, 11) is 0. The molecule has 2 aromatic rings. The van der Waals surface area contributed by atoms with Gasteiger partial charge in [-0.3, -0.25) is 4.79 Å². The zero-order chi connectivity index (χ0) is 12.3. The lowest BCUT2D eigenvalue weighted by molar-refractivity contribution is 0.750. The molecule has 0 atom stereocenters. The number of halogens is 1. The van der Waals surface area contributed by atoms with Crippen LogP contribution < -0.4 is 16.8 Å². The predicted molar refractivity (Wildman–Crippen MR) is 66.9 cm³/mol. The normalized spacial score (nSPS) is 10.2. The average Bonchev–Trinajstić information content (AvgIpc) is 2.35. The second-order valence-corrected chi connectivity index (χ2v) is 3.92. The van der Waals surface area contributed by atoms with Crippen LogP contribution in [-0.4, -0.2) is 9.55 Å². The maximum atomic E-state index is 11.8. The Kier molecular flexibility index (Phi) is 3.41. The fourth-order valence-electron chi connectivity index (χ4n) is 1.46. The van der Waals surface area contributed by atoms with Crippen LogP contribution in [0.2, 0.25) is 5.02 Å². The number of hydrogen-bond acceptors (Lipinski definition) is 4. The molecule has 1 aromatic carbocycles. The van der Waals surface area contributed by atoms with E-state index in [1.165, 1.54) is 10.8 Å². The molecule has 1 aromatic heterocycles. The summed E-state index contributed by atoms with van der Waals surface area (Å²) in [6.07, 6.45) is 3.13. The zero-order valence-corrected chi connectivity index (χ0v) is 9.69. The third kappa shape index (κ3) is 2.64. The quantitative estimate of drug-likeness (QED) is 0.635. The van der Waals surface area contributed by atoms with Crippen molar-refractivity contribution in [3.05, 3.63) is 57.6 Å².